The monoisotopic (exact) mass is 269 g/mol. The Morgan fingerprint density at radius 1 is 1.32 bits per heavy atom. The van der Waals surface area contributed by atoms with Crippen LogP contribution in [0, 0.1) is 5.41 Å². The van der Waals surface area contributed by atoms with Gasteiger partial charge in [0.2, 0.25) is 11.7 Å². The van der Waals surface area contributed by atoms with Crippen molar-refractivity contribution >= 4 is 0 Å². The third-order valence-corrected chi connectivity index (χ3v) is 3.05. The van der Waals surface area contributed by atoms with Crippen molar-refractivity contribution in [2.24, 2.45) is 5.41 Å². The van der Waals surface area contributed by atoms with Crippen LogP contribution < -0.4 is 5.32 Å². The number of hydrogen-bond donors (Lipinski definition) is 1. The van der Waals surface area contributed by atoms with Gasteiger partial charge in [-0.2, -0.15) is 4.98 Å². The van der Waals surface area contributed by atoms with Crippen LogP contribution in [0.1, 0.15) is 65.8 Å². The number of aromatic nitrogens is 2. The fraction of sp³-hybridized carbons (Fsp3) is 0.857. The van der Waals surface area contributed by atoms with Crippen molar-refractivity contribution in [2.75, 3.05) is 6.61 Å². The Hall–Kier alpha value is -0.940. The molecule has 0 saturated heterocycles. The van der Waals surface area contributed by atoms with Gasteiger partial charge in [0.05, 0.1) is 6.54 Å². The zero-order chi connectivity index (χ0) is 14.5. The first kappa shape index (κ1) is 16.1. The summed E-state index contributed by atoms with van der Waals surface area (Å²) in [6.07, 6.45) is 0.934. The van der Waals surface area contributed by atoms with Gasteiger partial charge < -0.3 is 14.6 Å². The molecular formula is C14H27N3O2. The Morgan fingerprint density at radius 2 is 2.00 bits per heavy atom. The quantitative estimate of drug-likeness (QED) is 0.824. The van der Waals surface area contributed by atoms with Crippen molar-refractivity contribution in [1.82, 2.24) is 15.5 Å². The average Bonchev–Trinajstić information content (AvgIpc) is 2.79. The van der Waals surface area contributed by atoms with Crippen LogP contribution in [0.3, 0.4) is 0 Å². The summed E-state index contributed by atoms with van der Waals surface area (Å²) in [5.74, 6) is 1.25. The Balaban J connectivity index is 2.70. The number of nitrogens with zero attached hydrogens (tertiary/aromatic N) is 2. The molecule has 110 valence electrons. The van der Waals surface area contributed by atoms with Crippen LogP contribution in [-0.2, 0) is 11.3 Å². The van der Waals surface area contributed by atoms with Crippen molar-refractivity contribution in [3.8, 4) is 0 Å². The predicted octanol–water partition coefficient (Wildman–Crippen LogP) is 3.08. The molecule has 2 unspecified atom stereocenters. The van der Waals surface area contributed by atoms with Crippen LogP contribution in [-0.4, -0.2) is 22.8 Å². The van der Waals surface area contributed by atoms with Gasteiger partial charge in [-0.15, -0.1) is 0 Å². The molecule has 1 N–H and O–H groups in total. The highest BCUT2D eigenvalue weighted by molar-refractivity contribution is 4.96. The molecule has 1 aromatic rings. The van der Waals surface area contributed by atoms with Gasteiger partial charge in [0.25, 0.3) is 0 Å². The Bertz CT molecular complexity index is 371. The second-order valence-corrected chi connectivity index (χ2v) is 5.94. The molecule has 2 atom stereocenters. The molecule has 5 heteroatoms. The maximum Gasteiger partial charge on any atom is 0.240 e. The maximum absolute atomic E-state index is 5.75. The van der Waals surface area contributed by atoms with Gasteiger partial charge in [-0.1, -0.05) is 32.9 Å². The number of ether oxygens (including phenoxy) is 1. The summed E-state index contributed by atoms with van der Waals surface area (Å²) in [6.45, 7) is 13.8. The second kappa shape index (κ2) is 7.01. The molecular weight excluding hydrogens is 242 g/mol. The fourth-order valence-corrected chi connectivity index (χ4v) is 1.73. The predicted molar refractivity (Wildman–Crippen MR) is 74.7 cm³/mol. The molecule has 1 aromatic heterocycles. The number of rotatable bonds is 7. The van der Waals surface area contributed by atoms with E-state index in [1.165, 1.54) is 0 Å². The van der Waals surface area contributed by atoms with E-state index in [0.717, 1.165) is 6.42 Å². The van der Waals surface area contributed by atoms with Crippen molar-refractivity contribution in [2.45, 2.75) is 66.7 Å². The van der Waals surface area contributed by atoms with E-state index in [-0.39, 0.29) is 11.5 Å². The van der Waals surface area contributed by atoms with Crippen molar-refractivity contribution < 1.29 is 9.26 Å². The van der Waals surface area contributed by atoms with Gasteiger partial charge in [0.1, 0.15) is 6.10 Å². The zero-order valence-electron chi connectivity index (χ0n) is 13.0. The van der Waals surface area contributed by atoms with Gasteiger partial charge in [-0.25, -0.2) is 0 Å². The highest BCUT2D eigenvalue weighted by Crippen LogP contribution is 2.34. The molecule has 5 nitrogen and oxygen atoms in total. The van der Waals surface area contributed by atoms with Crippen LogP contribution >= 0.6 is 0 Å². The SMILES string of the molecule is CCOC(c1noc(CNC(C)CC)n1)C(C)(C)C. The van der Waals surface area contributed by atoms with Crippen molar-refractivity contribution in [3.63, 3.8) is 0 Å². The number of nitrogens with one attached hydrogen (secondary N) is 1. The third-order valence-electron chi connectivity index (χ3n) is 3.05. The fourth-order valence-electron chi connectivity index (χ4n) is 1.73. The second-order valence-electron chi connectivity index (χ2n) is 5.94. The normalized spacial score (nSPS) is 15.5. The molecule has 0 aliphatic heterocycles. The molecule has 0 radical (unpaired) electrons. The Kier molecular flexibility index (Phi) is 5.94. The molecule has 0 aromatic carbocycles. The largest absolute Gasteiger partial charge is 0.370 e. The minimum absolute atomic E-state index is 0.0543. The van der Waals surface area contributed by atoms with Crippen LogP contribution in [0.2, 0.25) is 0 Å². The molecule has 19 heavy (non-hydrogen) atoms. The molecule has 0 spiro atoms. The molecule has 0 bridgehead atoms. The van der Waals surface area contributed by atoms with E-state index in [1.807, 2.05) is 6.92 Å². The van der Waals surface area contributed by atoms with Gasteiger partial charge in [-0.3, -0.25) is 0 Å². The van der Waals surface area contributed by atoms with Crippen molar-refractivity contribution in [1.29, 1.82) is 0 Å². The van der Waals surface area contributed by atoms with Crippen LogP contribution in [0.15, 0.2) is 4.52 Å². The lowest BCUT2D eigenvalue weighted by Gasteiger charge is -2.27. The molecule has 1 rings (SSSR count). The highest BCUT2D eigenvalue weighted by atomic mass is 16.5. The highest BCUT2D eigenvalue weighted by Gasteiger charge is 2.31. The van der Waals surface area contributed by atoms with E-state index < -0.39 is 0 Å². The molecule has 1 heterocycles. The standard InChI is InChI=1S/C14H27N3O2/c1-7-10(3)15-9-11-16-13(17-19-11)12(18-8-2)14(4,5)6/h10,12,15H,7-9H2,1-6H3. The molecule has 0 amide bonds. The van der Waals surface area contributed by atoms with Crippen LogP contribution in [0.25, 0.3) is 0 Å². The van der Waals surface area contributed by atoms with Crippen molar-refractivity contribution in [3.05, 3.63) is 11.7 Å². The average molecular weight is 269 g/mol. The lowest BCUT2D eigenvalue weighted by molar-refractivity contribution is -0.0203. The van der Waals surface area contributed by atoms with Gasteiger partial charge >= 0.3 is 0 Å². The third kappa shape index (κ3) is 4.91. The van der Waals surface area contributed by atoms with E-state index >= 15 is 0 Å². The summed E-state index contributed by atoms with van der Waals surface area (Å²) in [5, 5.41) is 7.39. The zero-order valence-corrected chi connectivity index (χ0v) is 13.0. The summed E-state index contributed by atoms with van der Waals surface area (Å²) in [5.41, 5.74) is -0.0543. The molecule has 0 saturated carbocycles. The minimum Gasteiger partial charge on any atom is -0.370 e. The first-order chi connectivity index (χ1) is 8.88. The summed E-state index contributed by atoms with van der Waals surface area (Å²) >= 11 is 0. The summed E-state index contributed by atoms with van der Waals surface area (Å²) < 4.78 is 11.0. The molecule has 0 aliphatic rings. The van der Waals surface area contributed by atoms with E-state index in [0.29, 0.717) is 30.9 Å². The Morgan fingerprint density at radius 3 is 2.53 bits per heavy atom. The van der Waals surface area contributed by atoms with Crippen LogP contribution in [0.4, 0.5) is 0 Å². The smallest absolute Gasteiger partial charge is 0.240 e. The summed E-state index contributed by atoms with van der Waals surface area (Å²) in [6, 6.07) is 0.445. The summed E-state index contributed by atoms with van der Waals surface area (Å²) in [7, 11) is 0. The van der Waals surface area contributed by atoms with E-state index in [4.69, 9.17) is 9.26 Å². The van der Waals surface area contributed by atoms with Gasteiger partial charge in [-0.05, 0) is 25.7 Å². The van der Waals surface area contributed by atoms with E-state index in [9.17, 15) is 0 Å². The van der Waals surface area contributed by atoms with Gasteiger partial charge in [0, 0.05) is 12.6 Å². The first-order valence-corrected chi connectivity index (χ1v) is 7.05. The maximum atomic E-state index is 5.75. The Labute approximate surface area is 116 Å². The van der Waals surface area contributed by atoms with Gasteiger partial charge in [0.15, 0.2) is 0 Å². The lowest BCUT2D eigenvalue weighted by Crippen LogP contribution is -2.25. The first-order valence-electron chi connectivity index (χ1n) is 7.05. The minimum atomic E-state index is -0.140. The topological polar surface area (TPSA) is 60.2 Å². The number of hydrogen-bond acceptors (Lipinski definition) is 5. The summed E-state index contributed by atoms with van der Waals surface area (Å²) in [4.78, 5) is 4.44. The molecule has 0 aliphatic carbocycles. The molecule has 0 fully saturated rings. The van der Waals surface area contributed by atoms with E-state index in [2.05, 4.69) is 50.1 Å². The van der Waals surface area contributed by atoms with Crippen LogP contribution in [0.5, 0.6) is 0 Å². The van der Waals surface area contributed by atoms with E-state index in [1.54, 1.807) is 0 Å². The lowest BCUT2D eigenvalue weighted by atomic mass is 9.88.